The summed E-state index contributed by atoms with van der Waals surface area (Å²) in [6, 6.07) is 18.0. The van der Waals surface area contributed by atoms with E-state index in [9.17, 15) is 5.26 Å². The van der Waals surface area contributed by atoms with Crippen molar-refractivity contribution in [1.29, 1.82) is 10.5 Å². The van der Waals surface area contributed by atoms with Crippen LogP contribution in [0.3, 0.4) is 0 Å². The largest absolute Gasteiger partial charge is 0.464 e. The topological polar surface area (TPSA) is 99.4 Å². The maximum Gasteiger partial charge on any atom is 0.238 e. The number of hydrogen-bond donors (Lipinski definition) is 0. The van der Waals surface area contributed by atoms with Crippen LogP contribution in [-0.2, 0) is 0 Å². The molecule has 0 atom stereocenters. The highest BCUT2D eigenvalue weighted by molar-refractivity contribution is 5.87. The molecule has 4 rings (SSSR count). The number of furan rings is 3. The van der Waals surface area contributed by atoms with Gasteiger partial charge < -0.3 is 13.3 Å². The Morgan fingerprint density at radius 1 is 0.852 bits per heavy atom. The number of nitriles is 2. The van der Waals surface area contributed by atoms with Gasteiger partial charge in [-0.25, -0.2) is 4.99 Å². The van der Waals surface area contributed by atoms with Gasteiger partial charge in [-0.05, 0) is 42.0 Å². The fourth-order valence-corrected chi connectivity index (χ4v) is 2.63. The molecule has 0 bridgehead atoms. The number of benzene rings is 1. The summed E-state index contributed by atoms with van der Waals surface area (Å²) in [5, 5.41) is 18.5. The van der Waals surface area contributed by atoms with Crippen molar-refractivity contribution in [2.24, 2.45) is 4.99 Å². The lowest BCUT2D eigenvalue weighted by Crippen LogP contribution is -1.82. The molecule has 1 aromatic carbocycles. The van der Waals surface area contributed by atoms with Crippen molar-refractivity contribution < 1.29 is 13.3 Å². The van der Waals surface area contributed by atoms with Crippen molar-refractivity contribution in [3.63, 3.8) is 0 Å². The normalized spacial score (nSPS) is 10.7. The average Bonchev–Trinajstić information content (AvgIpc) is 3.46. The predicted octanol–water partition coefficient (Wildman–Crippen LogP) is 5.29. The molecule has 0 unspecified atom stereocenters. The Balaban J connectivity index is 1.81. The van der Waals surface area contributed by atoms with E-state index >= 15 is 0 Å². The van der Waals surface area contributed by atoms with Gasteiger partial charge in [0.15, 0.2) is 11.5 Å². The monoisotopic (exact) mass is 353 g/mol. The molecule has 0 radical (unpaired) electrons. The van der Waals surface area contributed by atoms with E-state index in [1.54, 1.807) is 54.7 Å². The lowest BCUT2D eigenvalue weighted by molar-refractivity contribution is 0.527. The van der Waals surface area contributed by atoms with Crippen molar-refractivity contribution in [2.45, 2.75) is 0 Å². The molecule has 0 aliphatic rings. The lowest BCUT2D eigenvalue weighted by Gasteiger charge is -1.96. The Morgan fingerprint density at radius 2 is 1.56 bits per heavy atom. The Kier molecular flexibility index (Phi) is 4.14. The summed E-state index contributed by atoms with van der Waals surface area (Å²) in [4.78, 5) is 4.32. The van der Waals surface area contributed by atoms with Crippen molar-refractivity contribution >= 4 is 12.1 Å². The standard InChI is InChI=1S/C21H11N3O3/c22-11-14-5-7-15(8-6-14)13-24-21-16(12-23)19(17-3-1-9-25-17)20(27-21)18-4-2-10-26-18/h1-10,13H/b24-13+. The quantitative estimate of drug-likeness (QED) is 0.464. The first-order chi connectivity index (χ1) is 13.3. The summed E-state index contributed by atoms with van der Waals surface area (Å²) in [7, 11) is 0. The van der Waals surface area contributed by atoms with E-state index in [4.69, 9.17) is 18.5 Å². The first-order valence-corrected chi connectivity index (χ1v) is 7.99. The van der Waals surface area contributed by atoms with Gasteiger partial charge in [0.1, 0.15) is 17.4 Å². The van der Waals surface area contributed by atoms with Crippen LogP contribution in [0.15, 0.2) is 79.3 Å². The van der Waals surface area contributed by atoms with Crippen molar-refractivity contribution in [1.82, 2.24) is 0 Å². The van der Waals surface area contributed by atoms with Gasteiger partial charge in [0.05, 0.1) is 29.7 Å². The highest BCUT2D eigenvalue weighted by Gasteiger charge is 2.25. The molecule has 0 amide bonds. The van der Waals surface area contributed by atoms with Crippen LogP contribution in [0.25, 0.3) is 22.8 Å². The first-order valence-electron chi connectivity index (χ1n) is 7.99. The zero-order chi connectivity index (χ0) is 18.6. The second kappa shape index (κ2) is 6.91. The van der Waals surface area contributed by atoms with Crippen LogP contribution in [0.5, 0.6) is 0 Å². The second-order valence-corrected chi connectivity index (χ2v) is 5.54. The third-order valence-corrected chi connectivity index (χ3v) is 3.88. The average molecular weight is 353 g/mol. The van der Waals surface area contributed by atoms with E-state index < -0.39 is 0 Å². The molecule has 0 N–H and O–H groups in total. The Hall–Kier alpha value is -4.29. The molecule has 0 fully saturated rings. The smallest absolute Gasteiger partial charge is 0.238 e. The summed E-state index contributed by atoms with van der Waals surface area (Å²) in [6.07, 6.45) is 4.61. The molecule has 0 aliphatic carbocycles. The van der Waals surface area contributed by atoms with E-state index in [0.717, 1.165) is 5.56 Å². The van der Waals surface area contributed by atoms with Gasteiger partial charge in [0.25, 0.3) is 0 Å². The summed E-state index contributed by atoms with van der Waals surface area (Å²) in [5.74, 6) is 1.48. The summed E-state index contributed by atoms with van der Waals surface area (Å²) in [5.41, 5.74) is 2.07. The highest BCUT2D eigenvalue weighted by atomic mass is 16.4. The summed E-state index contributed by atoms with van der Waals surface area (Å²) >= 11 is 0. The molecule has 0 saturated carbocycles. The van der Waals surface area contributed by atoms with E-state index in [2.05, 4.69) is 17.1 Å². The molecule has 0 saturated heterocycles. The SMILES string of the molecule is N#Cc1ccc(/C=N/c2oc(-c3ccco3)c(-c3ccco3)c2C#N)cc1. The van der Waals surface area contributed by atoms with Gasteiger partial charge >= 0.3 is 0 Å². The van der Waals surface area contributed by atoms with Crippen molar-refractivity contribution in [3.05, 3.63) is 77.7 Å². The third kappa shape index (κ3) is 3.04. The van der Waals surface area contributed by atoms with Gasteiger partial charge in [-0.1, -0.05) is 12.1 Å². The van der Waals surface area contributed by atoms with E-state index in [-0.39, 0.29) is 11.4 Å². The molecule has 4 aromatic rings. The highest BCUT2D eigenvalue weighted by Crippen LogP contribution is 2.42. The summed E-state index contributed by atoms with van der Waals surface area (Å²) < 4.78 is 16.7. The van der Waals surface area contributed by atoms with Crippen LogP contribution in [0.1, 0.15) is 16.7 Å². The number of nitrogens with zero attached hydrogens (tertiary/aromatic N) is 3. The van der Waals surface area contributed by atoms with E-state index in [0.29, 0.717) is 28.4 Å². The minimum Gasteiger partial charge on any atom is -0.464 e. The second-order valence-electron chi connectivity index (χ2n) is 5.54. The van der Waals surface area contributed by atoms with Crippen LogP contribution in [0, 0.1) is 22.7 Å². The van der Waals surface area contributed by atoms with Gasteiger partial charge in [0.2, 0.25) is 5.88 Å². The Labute approximate surface area is 154 Å². The van der Waals surface area contributed by atoms with Crippen LogP contribution >= 0.6 is 0 Å². The Bertz CT molecular complexity index is 1170. The zero-order valence-electron chi connectivity index (χ0n) is 13.9. The summed E-state index contributed by atoms with van der Waals surface area (Å²) in [6.45, 7) is 0. The van der Waals surface area contributed by atoms with Gasteiger partial charge in [0, 0.05) is 6.21 Å². The van der Waals surface area contributed by atoms with Gasteiger partial charge in [-0.2, -0.15) is 10.5 Å². The van der Waals surface area contributed by atoms with E-state index in [1.165, 1.54) is 12.5 Å². The molecule has 6 heteroatoms. The Morgan fingerprint density at radius 3 is 2.15 bits per heavy atom. The molecule has 128 valence electrons. The van der Waals surface area contributed by atoms with Crippen molar-refractivity contribution in [2.75, 3.05) is 0 Å². The van der Waals surface area contributed by atoms with Crippen LogP contribution in [0.2, 0.25) is 0 Å². The maximum absolute atomic E-state index is 9.68. The zero-order valence-corrected chi connectivity index (χ0v) is 13.9. The van der Waals surface area contributed by atoms with Gasteiger partial charge in [-0.15, -0.1) is 0 Å². The first kappa shape index (κ1) is 16.2. The van der Waals surface area contributed by atoms with E-state index in [1.807, 2.05) is 0 Å². The van der Waals surface area contributed by atoms with Crippen LogP contribution < -0.4 is 0 Å². The number of rotatable bonds is 4. The number of hydrogen-bond acceptors (Lipinski definition) is 6. The fraction of sp³-hybridized carbons (Fsp3) is 0. The molecule has 3 heterocycles. The number of aliphatic imine (C=N–C) groups is 1. The molecule has 0 spiro atoms. The minimum absolute atomic E-state index is 0.152. The fourth-order valence-electron chi connectivity index (χ4n) is 2.63. The molecule has 3 aromatic heterocycles. The maximum atomic E-state index is 9.68. The molecule has 27 heavy (non-hydrogen) atoms. The molecular weight excluding hydrogens is 342 g/mol. The van der Waals surface area contributed by atoms with Gasteiger partial charge in [-0.3, -0.25) is 0 Å². The minimum atomic E-state index is 0.152. The van der Waals surface area contributed by atoms with Crippen LogP contribution in [-0.4, -0.2) is 6.21 Å². The molecule has 6 nitrogen and oxygen atoms in total. The lowest BCUT2D eigenvalue weighted by atomic mass is 10.1. The molecular formula is C21H11N3O3. The molecule has 0 aliphatic heterocycles. The van der Waals surface area contributed by atoms with Crippen LogP contribution in [0.4, 0.5) is 5.88 Å². The van der Waals surface area contributed by atoms with Crippen molar-refractivity contribution in [3.8, 4) is 35.0 Å². The predicted molar refractivity (Wildman–Crippen MR) is 97.2 cm³/mol. The third-order valence-electron chi connectivity index (χ3n) is 3.88.